The minimum absolute atomic E-state index is 0.0200. The lowest BCUT2D eigenvalue weighted by atomic mass is 9.98. The first kappa shape index (κ1) is 22.5. The van der Waals surface area contributed by atoms with Crippen molar-refractivity contribution in [1.82, 2.24) is 14.5 Å². The predicted octanol–water partition coefficient (Wildman–Crippen LogP) is 3.11. The number of nitrogens with two attached hydrogens (primary N) is 1. The summed E-state index contributed by atoms with van der Waals surface area (Å²) >= 11 is 1.26. The fourth-order valence-electron chi connectivity index (χ4n) is 3.04. The minimum atomic E-state index is -0.726. The van der Waals surface area contributed by atoms with Crippen LogP contribution in [0, 0.1) is 0 Å². The van der Waals surface area contributed by atoms with E-state index in [-0.39, 0.29) is 23.5 Å². The molecule has 0 aromatic carbocycles. The Bertz CT molecular complexity index is 1170. The van der Waals surface area contributed by atoms with Crippen LogP contribution in [0.4, 0.5) is 11.5 Å². The largest absolute Gasteiger partial charge is 0.467 e. The highest BCUT2D eigenvalue weighted by molar-refractivity contribution is 7.13. The van der Waals surface area contributed by atoms with Crippen LogP contribution < -0.4 is 21.9 Å². The molecule has 9 nitrogen and oxygen atoms in total. The monoisotopic (exact) mass is 445 g/mol. The molecule has 0 radical (unpaired) electrons. The summed E-state index contributed by atoms with van der Waals surface area (Å²) < 4.78 is 6.69. The Balaban J connectivity index is 2.12. The molecule has 0 saturated heterocycles. The zero-order valence-corrected chi connectivity index (χ0v) is 18.9. The summed E-state index contributed by atoms with van der Waals surface area (Å²) in [6.45, 7) is 8.32. The maximum atomic E-state index is 13.5. The van der Waals surface area contributed by atoms with Gasteiger partial charge in [0.2, 0.25) is 0 Å². The van der Waals surface area contributed by atoms with Crippen LogP contribution in [0.2, 0.25) is 0 Å². The first-order valence-electron chi connectivity index (χ1n) is 10.1. The lowest BCUT2D eigenvalue weighted by Crippen LogP contribution is -2.40. The van der Waals surface area contributed by atoms with Crippen LogP contribution in [0.3, 0.4) is 0 Å². The van der Waals surface area contributed by atoms with Gasteiger partial charge in [-0.1, -0.05) is 34.1 Å². The molecule has 31 heavy (non-hydrogen) atoms. The van der Waals surface area contributed by atoms with Crippen molar-refractivity contribution in [3.05, 3.63) is 61.1 Å². The van der Waals surface area contributed by atoms with E-state index < -0.39 is 17.2 Å². The van der Waals surface area contributed by atoms with Gasteiger partial charge in [-0.3, -0.25) is 24.0 Å². The molecule has 0 aliphatic heterocycles. The van der Waals surface area contributed by atoms with Crippen LogP contribution in [0.1, 0.15) is 61.0 Å². The number of nitrogen functional groups attached to an aromatic ring is 1. The number of thiazole rings is 1. The van der Waals surface area contributed by atoms with E-state index in [9.17, 15) is 14.4 Å². The summed E-state index contributed by atoms with van der Waals surface area (Å²) in [4.78, 5) is 46.8. The van der Waals surface area contributed by atoms with Gasteiger partial charge in [-0.25, -0.2) is 9.78 Å². The Morgan fingerprint density at radius 1 is 1.35 bits per heavy atom. The SMILES string of the molecule is CCCCn1c(N)c(N(Cc2ccco2)C(=O)c2cnc(C(C)(C)C)s2)c(=O)[nH]c1=O. The number of aromatic amines is 1. The third kappa shape index (κ3) is 4.79. The van der Waals surface area contributed by atoms with Gasteiger partial charge in [0.1, 0.15) is 16.5 Å². The van der Waals surface area contributed by atoms with Crippen LogP contribution >= 0.6 is 11.3 Å². The number of H-pyrrole nitrogens is 1. The molecule has 1 amide bonds. The average Bonchev–Trinajstić information content (AvgIpc) is 3.38. The minimum Gasteiger partial charge on any atom is -0.467 e. The summed E-state index contributed by atoms with van der Waals surface area (Å²) in [5.41, 5.74) is 4.62. The number of nitrogens with one attached hydrogen (secondary N) is 1. The van der Waals surface area contributed by atoms with Gasteiger partial charge in [-0.05, 0) is 18.6 Å². The molecule has 3 aromatic heterocycles. The van der Waals surface area contributed by atoms with E-state index >= 15 is 0 Å². The molecule has 0 saturated carbocycles. The van der Waals surface area contributed by atoms with Gasteiger partial charge in [-0.15, -0.1) is 11.3 Å². The maximum Gasteiger partial charge on any atom is 0.330 e. The van der Waals surface area contributed by atoms with Crippen LogP contribution in [-0.4, -0.2) is 20.4 Å². The van der Waals surface area contributed by atoms with E-state index in [4.69, 9.17) is 10.2 Å². The number of furan rings is 1. The lowest BCUT2D eigenvalue weighted by molar-refractivity contribution is 0.0986. The summed E-state index contributed by atoms with van der Waals surface area (Å²) in [7, 11) is 0. The molecule has 0 bridgehead atoms. The normalized spacial score (nSPS) is 11.6. The van der Waals surface area contributed by atoms with Crippen molar-refractivity contribution in [2.75, 3.05) is 10.6 Å². The van der Waals surface area contributed by atoms with Crippen molar-refractivity contribution in [3.8, 4) is 0 Å². The Kier molecular flexibility index (Phi) is 6.49. The van der Waals surface area contributed by atoms with E-state index in [0.717, 1.165) is 11.4 Å². The summed E-state index contributed by atoms with van der Waals surface area (Å²) in [5, 5.41) is 0.795. The quantitative estimate of drug-likeness (QED) is 0.575. The van der Waals surface area contributed by atoms with Crippen LogP contribution in [0.25, 0.3) is 0 Å². The average molecular weight is 446 g/mol. The number of rotatable bonds is 7. The van der Waals surface area contributed by atoms with Crippen molar-refractivity contribution < 1.29 is 9.21 Å². The molecule has 0 unspecified atom stereocenters. The fourth-order valence-corrected chi connectivity index (χ4v) is 3.96. The second-order valence-corrected chi connectivity index (χ2v) is 9.28. The van der Waals surface area contributed by atoms with Gasteiger partial charge in [0.15, 0.2) is 5.69 Å². The van der Waals surface area contributed by atoms with Crippen LogP contribution in [-0.2, 0) is 18.5 Å². The lowest BCUT2D eigenvalue weighted by Gasteiger charge is -2.23. The third-order valence-electron chi connectivity index (χ3n) is 4.72. The van der Waals surface area contributed by atoms with E-state index in [2.05, 4.69) is 9.97 Å². The molecule has 3 heterocycles. The van der Waals surface area contributed by atoms with Gasteiger partial charge < -0.3 is 10.2 Å². The van der Waals surface area contributed by atoms with E-state index in [1.807, 2.05) is 27.7 Å². The van der Waals surface area contributed by atoms with Crippen molar-refractivity contribution in [1.29, 1.82) is 0 Å². The first-order chi connectivity index (χ1) is 14.6. The van der Waals surface area contributed by atoms with Gasteiger partial charge >= 0.3 is 5.69 Å². The van der Waals surface area contributed by atoms with Gasteiger partial charge in [0.05, 0.1) is 24.0 Å². The number of hydrogen-bond acceptors (Lipinski definition) is 7. The maximum absolute atomic E-state index is 13.5. The standard InChI is InChI=1S/C21H27N5O4S/c1-5-6-9-25-16(22)15(17(27)24-20(25)29)26(12-13-8-7-10-30-13)18(28)14-11-23-19(31-14)21(2,3)4/h7-8,10-11H,5-6,9,12,22H2,1-4H3,(H,24,27,29). The zero-order chi connectivity index (χ0) is 22.8. The van der Waals surface area contributed by atoms with Gasteiger partial charge in [0.25, 0.3) is 11.5 Å². The molecular weight excluding hydrogens is 418 g/mol. The Labute approximate surface area is 183 Å². The summed E-state index contributed by atoms with van der Waals surface area (Å²) in [5.74, 6) is -0.0241. The molecule has 3 N–H and O–H groups in total. The second-order valence-electron chi connectivity index (χ2n) is 8.25. The van der Waals surface area contributed by atoms with Crippen molar-refractivity contribution in [3.63, 3.8) is 0 Å². The number of amides is 1. The van der Waals surface area contributed by atoms with E-state index in [1.165, 1.54) is 33.3 Å². The smallest absolute Gasteiger partial charge is 0.330 e. The highest BCUT2D eigenvalue weighted by atomic mass is 32.1. The summed E-state index contributed by atoms with van der Waals surface area (Å²) in [6.07, 6.45) is 4.52. The third-order valence-corrected chi connectivity index (χ3v) is 6.13. The Morgan fingerprint density at radius 3 is 2.68 bits per heavy atom. The fraction of sp³-hybridized carbons (Fsp3) is 0.429. The molecule has 3 aromatic rings. The summed E-state index contributed by atoms with van der Waals surface area (Å²) in [6, 6.07) is 3.39. The number of carbonyl (C=O) groups excluding carboxylic acids is 1. The van der Waals surface area contributed by atoms with Crippen molar-refractivity contribution in [2.45, 2.75) is 59.0 Å². The van der Waals surface area contributed by atoms with Gasteiger partial charge in [0, 0.05) is 12.0 Å². The number of anilines is 2. The Hall–Kier alpha value is -3.14. The van der Waals surface area contributed by atoms with Gasteiger partial charge in [-0.2, -0.15) is 0 Å². The predicted molar refractivity (Wildman–Crippen MR) is 121 cm³/mol. The topological polar surface area (TPSA) is 127 Å². The molecule has 166 valence electrons. The van der Waals surface area contributed by atoms with E-state index in [1.54, 1.807) is 12.1 Å². The molecule has 0 aliphatic carbocycles. The number of hydrogen-bond donors (Lipinski definition) is 2. The van der Waals surface area contributed by atoms with Crippen LogP contribution in [0.5, 0.6) is 0 Å². The zero-order valence-electron chi connectivity index (χ0n) is 18.1. The van der Waals surface area contributed by atoms with Crippen molar-refractivity contribution >= 4 is 28.7 Å². The highest BCUT2D eigenvalue weighted by Crippen LogP contribution is 2.29. The number of nitrogens with zero attached hydrogens (tertiary/aromatic N) is 3. The van der Waals surface area contributed by atoms with Crippen LogP contribution in [0.15, 0.2) is 38.6 Å². The molecule has 10 heteroatoms. The molecule has 0 spiro atoms. The molecule has 3 rings (SSSR count). The second kappa shape index (κ2) is 8.93. The van der Waals surface area contributed by atoms with Crippen molar-refractivity contribution in [2.24, 2.45) is 0 Å². The highest BCUT2D eigenvalue weighted by Gasteiger charge is 2.29. The number of unbranched alkanes of at least 4 members (excludes halogenated alkanes) is 1. The number of carbonyl (C=O) groups is 1. The molecule has 0 aliphatic rings. The Morgan fingerprint density at radius 2 is 2.10 bits per heavy atom. The molecular formula is C21H27N5O4S. The molecule has 0 fully saturated rings. The molecule has 0 atom stereocenters. The van der Waals surface area contributed by atoms with E-state index in [0.29, 0.717) is 23.6 Å². The number of aromatic nitrogens is 3. The first-order valence-corrected chi connectivity index (χ1v) is 10.9.